The third-order valence-electron chi connectivity index (χ3n) is 5.97. The summed E-state index contributed by atoms with van der Waals surface area (Å²) in [6.45, 7) is 0.690. The van der Waals surface area contributed by atoms with Gasteiger partial charge in [0, 0.05) is 33.2 Å². The molecule has 0 saturated carbocycles. The van der Waals surface area contributed by atoms with Crippen LogP contribution in [-0.2, 0) is 11.4 Å². The number of aliphatic carboxylic acids is 1. The van der Waals surface area contributed by atoms with Crippen molar-refractivity contribution in [3.8, 4) is 34.3 Å². The summed E-state index contributed by atoms with van der Waals surface area (Å²) < 4.78 is 12.8. The molecule has 0 amide bonds. The van der Waals surface area contributed by atoms with Gasteiger partial charge in [-0.1, -0.05) is 82.7 Å². The minimum Gasteiger partial charge on any atom is -0.550 e. The number of carboxylic acids is 1. The van der Waals surface area contributed by atoms with E-state index in [1.165, 1.54) is 0 Å². The van der Waals surface area contributed by atoms with Crippen molar-refractivity contribution in [2.75, 3.05) is 6.61 Å². The van der Waals surface area contributed by atoms with Crippen LogP contribution in [0, 0.1) is 0 Å². The third kappa shape index (κ3) is 7.67. The van der Waals surface area contributed by atoms with E-state index in [2.05, 4.69) is 15.9 Å². The fourth-order valence-electron chi connectivity index (χ4n) is 4.01. The van der Waals surface area contributed by atoms with E-state index in [-0.39, 0.29) is 36.0 Å². The van der Waals surface area contributed by atoms with Crippen LogP contribution in [-0.4, -0.2) is 22.5 Å². The summed E-state index contributed by atoms with van der Waals surface area (Å²) in [7, 11) is 0. The van der Waals surface area contributed by atoms with Gasteiger partial charge in [-0.05, 0) is 47.9 Å². The molecule has 0 atom stereocenters. The van der Waals surface area contributed by atoms with Crippen LogP contribution in [0.3, 0.4) is 0 Å². The Bertz CT molecular complexity index is 1580. The van der Waals surface area contributed by atoms with Crippen molar-refractivity contribution >= 4 is 32.7 Å². The van der Waals surface area contributed by atoms with Crippen LogP contribution in [0.1, 0.15) is 18.4 Å². The summed E-state index contributed by atoms with van der Waals surface area (Å²) in [5.74, 6) is 0.677. The molecule has 0 aliphatic heterocycles. The van der Waals surface area contributed by atoms with Crippen molar-refractivity contribution in [2.24, 2.45) is 0 Å². The number of ether oxygens (including phenoxy) is 2. The number of rotatable bonds is 10. The van der Waals surface area contributed by atoms with Gasteiger partial charge in [0.15, 0.2) is 5.82 Å². The fraction of sp³-hybridized carbons (Fsp3) is 0.129. The van der Waals surface area contributed by atoms with Crippen LogP contribution in [0.4, 0.5) is 0 Å². The number of benzene rings is 4. The van der Waals surface area contributed by atoms with E-state index in [0.29, 0.717) is 37.1 Å². The van der Waals surface area contributed by atoms with E-state index in [4.69, 9.17) is 19.4 Å². The predicted octanol–water partition coefficient (Wildman–Crippen LogP) is 3.22. The Labute approximate surface area is 257 Å². The third-order valence-corrected chi connectivity index (χ3v) is 6.74. The van der Waals surface area contributed by atoms with E-state index < -0.39 is 5.97 Å². The Morgan fingerprint density at radius 1 is 0.795 bits per heavy atom. The van der Waals surface area contributed by atoms with Crippen molar-refractivity contribution < 1.29 is 48.9 Å². The van der Waals surface area contributed by atoms with Crippen molar-refractivity contribution in [1.29, 1.82) is 0 Å². The fourth-order valence-corrected chi connectivity index (χ4v) is 4.41. The molecule has 0 N–H and O–H groups in total. The van der Waals surface area contributed by atoms with Crippen LogP contribution >= 0.6 is 15.9 Å². The van der Waals surface area contributed by atoms with E-state index in [1.807, 2.05) is 97.1 Å². The molecule has 0 fully saturated rings. The zero-order chi connectivity index (χ0) is 26.3. The monoisotopic (exact) mass is 590 g/mol. The molecule has 5 rings (SSSR count). The number of carbonyl (C=O) groups is 1. The van der Waals surface area contributed by atoms with Gasteiger partial charge >= 0.3 is 29.6 Å². The molecule has 8 heteroatoms. The maximum atomic E-state index is 10.6. The molecule has 6 nitrogen and oxygen atoms in total. The molecule has 190 valence electrons. The largest absolute Gasteiger partial charge is 1.00 e. The molecule has 0 aliphatic carbocycles. The topological polar surface area (TPSA) is 84.4 Å². The summed E-state index contributed by atoms with van der Waals surface area (Å²) in [4.78, 5) is 20.2. The maximum absolute atomic E-state index is 10.6. The van der Waals surface area contributed by atoms with Gasteiger partial charge in [0.2, 0.25) is 5.88 Å². The number of carboxylic acid groups (broad SMARTS) is 1. The molecule has 0 saturated heterocycles. The molecule has 0 aliphatic rings. The van der Waals surface area contributed by atoms with Crippen molar-refractivity contribution in [2.45, 2.75) is 19.4 Å². The zero-order valence-electron chi connectivity index (χ0n) is 21.5. The molecule has 4 aromatic carbocycles. The number of nitrogens with zero attached hydrogens (tertiary/aromatic N) is 2. The van der Waals surface area contributed by atoms with Crippen molar-refractivity contribution in [1.82, 2.24) is 9.97 Å². The molecule has 0 spiro atoms. The van der Waals surface area contributed by atoms with Gasteiger partial charge in [-0.25, -0.2) is 4.98 Å². The summed E-state index contributed by atoms with van der Waals surface area (Å²) >= 11 is 3.58. The van der Waals surface area contributed by atoms with Crippen LogP contribution in [0.25, 0.3) is 33.4 Å². The Hall–Kier alpha value is -3.23. The molecule has 1 heterocycles. The number of hydrogen-bond donors (Lipinski definition) is 0. The van der Waals surface area contributed by atoms with Gasteiger partial charge in [-0.3, -0.25) is 0 Å². The zero-order valence-corrected chi connectivity index (χ0v) is 25.1. The van der Waals surface area contributed by atoms with Crippen LogP contribution in [0.2, 0.25) is 0 Å². The summed E-state index contributed by atoms with van der Waals surface area (Å²) in [5, 5.41) is 12.6. The van der Waals surface area contributed by atoms with Crippen LogP contribution in [0.15, 0.2) is 102 Å². The predicted molar refractivity (Wildman–Crippen MR) is 149 cm³/mol. The van der Waals surface area contributed by atoms with E-state index in [1.54, 1.807) is 0 Å². The van der Waals surface area contributed by atoms with Crippen molar-refractivity contribution in [3.05, 3.63) is 107 Å². The number of halogens is 1. The number of carbonyl (C=O) groups excluding carboxylic acids is 1. The van der Waals surface area contributed by atoms with Crippen LogP contribution < -0.4 is 44.1 Å². The van der Waals surface area contributed by atoms with E-state index >= 15 is 0 Å². The summed E-state index contributed by atoms with van der Waals surface area (Å²) in [6.07, 6.45) is 0.382. The first-order valence-corrected chi connectivity index (χ1v) is 13.0. The average Bonchev–Trinajstić information content (AvgIpc) is 2.95. The minimum absolute atomic E-state index is 0. The molecular formula is C31H24BrN2NaO4. The molecular weight excluding hydrogens is 567 g/mol. The second kappa shape index (κ2) is 13.7. The van der Waals surface area contributed by atoms with Gasteiger partial charge in [0.05, 0.1) is 12.3 Å². The number of fused-ring (bicyclic) bond motifs is 1. The molecule has 0 radical (unpaired) electrons. The SMILES string of the molecule is O=C([O-])CCCOc1ccc2cc(-c3nc(OCc4ccccc4Br)cc(-c4ccccc4)n3)ccc2c1.[Na+]. The summed E-state index contributed by atoms with van der Waals surface area (Å²) in [6, 6.07) is 31.5. The maximum Gasteiger partial charge on any atom is 1.00 e. The first kappa shape index (κ1) is 28.8. The number of aromatic nitrogens is 2. The second-order valence-electron chi connectivity index (χ2n) is 8.71. The standard InChI is InChI=1S/C31H25BrN2O4.Na/c32-27-10-5-4-9-25(27)20-38-29-19-28(21-7-2-1-3-8-21)33-31(34-29)24-13-12-23-18-26(15-14-22(23)17-24)37-16-6-11-30(35)36;/h1-5,7-10,12-15,17-19H,6,11,16,20H2,(H,35,36);/q;+1/p-1. The van der Waals surface area contributed by atoms with E-state index in [0.717, 1.165) is 37.6 Å². The first-order chi connectivity index (χ1) is 18.5. The van der Waals surface area contributed by atoms with Crippen LogP contribution in [0.5, 0.6) is 11.6 Å². The smallest absolute Gasteiger partial charge is 0.550 e. The molecule has 5 aromatic rings. The summed E-state index contributed by atoms with van der Waals surface area (Å²) in [5.41, 5.74) is 3.64. The Kier molecular flexibility index (Phi) is 10.1. The number of hydrogen-bond acceptors (Lipinski definition) is 6. The Morgan fingerprint density at radius 3 is 2.33 bits per heavy atom. The molecule has 0 unspecified atom stereocenters. The van der Waals surface area contributed by atoms with Gasteiger partial charge in [0.25, 0.3) is 0 Å². The first-order valence-electron chi connectivity index (χ1n) is 12.2. The quantitative estimate of drug-likeness (QED) is 0.183. The van der Waals surface area contributed by atoms with Gasteiger partial charge in [-0.2, -0.15) is 4.98 Å². The van der Waals surface area contributed by atoms with E-state index in [9.17, 15) is 9.90 Å². The molecule has 1 aromatic heterocycles. The molecule has 39 heavy (non-hydrogen) atoms. The Balaban J connectivity index is 0.00000353. The van der Waals surface area contributed by atoms with Gasteiger partial charge < -0.3 is 19.4 Å². The normalized spacial score (nSPS) is 10.6. The van der Waals surface area contributed by atoms with Gasteiger partial charge in [0.1, 0.15) is 12.4 Å². The molecule has 0 bridgehead atoms. The minimum atomic E-state index is -1.07. The van der Waals surface area contributed by atoms with Gasteiger partial charge in [-0.15, -0.1) is 0 Å². The van der Waals surface area contributed by atoms with Crippen molar-refractivity contribution in [3.63, 3.8) is 0 Å². The second-order valence-corrected chi connectivity index (χ2v) is 9.56. The average molecular weight is 591 g/mol. The Morgan fingerprint density at radius 2 is 1.54 bits per heavy atom.